The van der Waals surface area contributed by atoms with Gasteiger partial charge < -0.3 is 15.0 Å². The summed E-state index contributed by atoms with van der Waals surface area (Å²) < 4.78 is 31.4. The maximum Gasteiger partial charge on any atom is 0.244 e. The maximum absolute atomic E-state index is 13.6. The minimum Gasteiger partial charge on any atom is -0.497 e. The predicted molar refractivity (Wildman–Crippen MR) is 140 cm³/mol. The molecule has 0 fully saturated rings. The van der Waals surface area contributed by atoms with Crippen molar-refractivity contribution in [1.82, 2.24) is 10.2 Å². The van der Waals surface area contributed by atoms with Crippen LogP contribution in [-0.2, 0) is 26.2 Å². The van der Waals surface area contributed by atoms with Crippen molar-refractivity contribution >= 4 is 50.7 Å². The number of carbonyl (C=O) groups is 2. The van der Waals surface area contributed by atoms with Gasteiger partial charge in [0.1, 0.15) is 18.3 Å². The van der Waals surface area contributed by atoms with Gasteiger partial charge in [-0.25, -0.2) is 8.42 Å². The fourth-order valence-electron chi connectivity index (χ4n) is 3.27. The summed E-state index contributed by atoms with van der Waals surface area (Å²) in [6.45, 7) is 5.30. The van der Waals surface area contributed by atoms with Gasteiger partial charge >= 0.3 is 0 Å². The Hall–Kier alpha value is -2.49. The van der Waals surface area contributed by atoms with Crippen LogP contribution in [0, 0.1) is 5.92 Å². The van der Waals surface area contributed by atoms with Crippen LogP contribution in [0.25, 0.3) is 0 Å². The van der Waals surface area contributed by atoms with E-state index in [1.54, 1.807) is 43.3 Å². The molecule has 0 aliphatic rings. The van der Waals surface area contributed by atoms with E-state index in [-0.39, 0.29) is 24.1 Å². The number of amides is 2. The standard InChI is InChI=1S/C24H31Cl2N3O5S/c1-16(2)13-27-24(31)17(3)28(14-20-21(25)10-7-11-22(20)26)23(30)15-29(35(5,32)33)18-8-6-9-19(12-18)34-4/h6-12,16-17H,13-15H2,1-5H3,(H,27,31)/t17-/m1/s1. The molecule has 0 spiro atoms. The first-order chi connectivity index (χ1) is 16.3. The molecule has 0 saturated heterocycles. The molecule has 0 saturated carbocycles. The Morgan fingerprint density at radius 1 is 1.06 bits per heavy atom. The van der Waals surface area contributed by atoms with Crippen molar-refractivity contribution in [3.8, 4) is 5.75 Å². The molecular formula is C24H31Cl2N3O5S. The van der Waals surface area contributed by atoms with Gasteiger partial charge in [0.25, 0.3) is 0 Å². The highest BCUT2D eigenvalue weighted by molar-refractivity contribution is 7.92. The molecule has 2 aromatic rings. The summed E-state index contributed by atoms with van der Waals surface area (Å²) in [4.78, 5) is 27.7. The van der Waals surface area contributed by atoms with Gasteiger partial charge in [0.2, 0.25) is 21.8 Å². The van der Waals surface area contributed by atoms with Gasteiger partial charge in [0.05, 0.1) is 19.1 Å². The molecule has 0 aromatic heterocycles. The van der Waals surface area contributed by atoms with E-state index >= 15 is 0 Å². The number of sulfonamides is 1. The maximum atomic E-state index is 13.6. The molecule has 0 aliphatic carbocycles. The van der Waals surface area contributed by atoms with Gasteiger partial charge in [-0.2, -0.15) is 0 Å². The first kappa shape index (κ1) is 28.7. The van der Waals surface area contributed by atoms with Crippen LogP contribution in [-0.4, -0.2) is 57.6 Å². The van der Waals surface area contributed by atoms with Crippen LogP contribution in [0.4, 0.5) is 5.69 Å². The zero-order chi connectivity index (χ0) is 26.3. The van der Waals surface area contributed by atoms with Gasteiger partial charge in [-0.05, 0) is 37.1 Å². The third-order valence-electron chi connectivity index (χ3n) is 5.26. The van der Waals surface area contributed by atoms with E-state index in [0.29, 0.717) is 27.9 Å². The fraction of sp³-hybridized carbons (Fsp3) is 0.417. The third-order valence-corrected chi connectivity index (χ3v) is 7.11. The molecule has 2 aromatic carbocycles. The lowest BCUT2D eigenvalue weighted by atomic mass is 10.1. The van der Waals surface area contributed by atoms with Crippen LogP contribution >= 0.6 is 23.2 Å². The molecule has 35 heavy (non-hydrogen) atoms. The molecule has 11 heteroatoms. The van der Waals surface area contributed by atoms with Crippen LogP contribution in [0.2, 0.25) is 10.0 Å². The summed E-state index contributed by atoms with van der Waals surface area (Å²) in [6.07, 6.45) is 1.01. The van der Waals surface area contributed by atoms with Crippen molar-refractivity contribution in [3.05, 3.63) is 58.1 Å². The van der Waals surface area contributed by atoms with E-state index in [1.807, 2.05) is 13.8 Å². The summed E-state index contributed by atoms with van der Waals surface area (Å²) in [6, 6.07) is 10.4. The Bertz CT molecular complexity index is 1140. The lowest BCUT2D eigenvalue weighted by molar-refractivity contribution is -0.139. The van der Waals surface area contributed by atoms with Crippen molar-refractivity contribution in [3.63, 3.8) is 0 Å². The zero-order valence-corrected chi connectivity index (χ0v) is 22.7. The minimum atomic E-state index is -3.85. The van der Waals surface area contributed by atoms with Crippen molar-refractivity contribution < 1.29 is 22.7 Å². The van der Waals surface area contributed by atoms with Gasteiger partial charge in [-0.15, -0.1) is 0 Å². The van der Waals surface area contributed by atoms with Crippen LogP contribution in [0.1, 0.15) is 26.3 Å². The van der Waals surface area contributed by atoms with Crippen molar-refractivity contribution in [2.45, 2.75) is 33.4 Å². The first-order valence-corrected chi connectivity index (χ1v) is 13.6. The second-order valence-electron chi connectivity index (χ2n) is 8.51. The highest BCUT2D eigenvalue weighted by atomic mass is 35.5. The number of carbonyl (C=O) groups excluding carboxylic acids is 2. The van der Waals surface area contributed by atoms with E-state index in [2.05, 4.69) is 5.32 Å². The third kappa shape index (κ3) is 8.02. The molecule has 8 nitrogen and oxygen atoms in total. The molecule has 0 bridgehead atoms. The minimum absolute atomic E-state index is 0.0800. The molecule has 0 aliphatic heterocycles. The van der Waals surface area contributed by atoms with Gasteiger partial charge in [-0.3, -0.25) is 13.9 Å². The number of benzene rings is 2. The van der Waals surface area contributed by atoms with E-state index in [9.17, 15) is 18.0 Å². The summed E-state index contributed by atoms with van der Waals surface area (Å²) in [7, 11) is -2.39. The van der Waals surface area contributed by atoms with Crippen LogP contribution in [0.3, 0.4) is 0 Å². The molecule has 0 heterocycles. The molecule has 192 valence electrons. The van der Waals surface area contributed by atoms with Crippen LogP contribution < -0.4 is 14.4 Å². The van der Waals surface area contributed by atoms with Gasteiger partial charge in [0, 0.05) is 34.8 Å². The lowest BCUT2D eigenvalue weighted by Crippen LogP contribution is -2.51. The first-order valence-electron chi connectivity index (χ1n) is 11.0. The fourth-order valence-corrected chi connectivity index (χ4v) is 4.63. The van der Waals surface area contributed by atoms with E-state index in [4.69, 9.17) is 27.9 Å². The predicted octanol–water partition coefficient (Wildman–Crippen LogP) is 3.96. The van der Waals surface area contributed by atoms with E-state index in [1.165, 1.54) is 18.1 Å². The Morgan fingerprint density at radius 3 is 2.20 bits per heavy atom. The number of ether oxygens (including phenoxy) is 1. The number of nitrogens with zero attached hydrogens (tertiary/aromatic N) is 2. The smallest absolute Gasteiger partial charge is 0.244 e. The quantitative estimate of drug-likeness (QED) is 0.462. The molecule has 0 radical (unpaired) electrons. The topological polar surface area (TPSA) is 96.0 Å². The highest BCUT2D eigenvalue weighted by Gasteiger charge is 2.31. The molecular weight excluding hydrogens is 513 g/mol. The van der Waals surface area contributed by atoms with E-state index in [0.717, 1.165) is 10.6 Å². The number of methoxy groups -OCH3 is 1. The summed E-state index contributed by atoms with van der Waals surface area (Å²) >= 11 is 12.7. The SMILES string of the molecule is COc1cccc(N(CC(=O)N(Cc2c(Cl)cccc2Cl)[C@H](C)C(=O)NCC(C)C)S(C)(=O)=O)c1. The average Bonchev–Trinajstić information content (AvgIpc) is 2.79. The van der Waals surface area contributed by atoms with Crippen molar-refractivity contribution in [1.29, 1.82) is 0 Å². The molecule has 2 rings (SSSR count). The van der Waals surface area contributed by atoms with Crippen molar-refractivity contribution in [2.75, 3.05) is 30.8 Å². The number of nitrogens with one attached hydrogen (secondary N) is 1. The molecule has 0 unspecified atom stereocenters. The number of hydrogen-bond acceptors (Lipinski definition) is 5. The molecule has 1 atom stereocenters. The number of anilines is 1. The molecule has 2 amide bonds. The monoisotopic (exact) mass is 543 g/mol. The Morgan fingerprint density at radius 2 is 1.66 bits per heavy atom. The summed E-state index contributed by atoms with van der Waals surface area (Å²) in [5, 5.41) is 3.48. The summed E-state index contributed by atoms with van der Waals surface area (Å²) in [5.74, 6) is -0.323. The summed E-state index contributed by atoms with van der Waals surface area (Å²) in [5.41, 5.74) is 0.716. The Labute approximate surface area is 217 Å². The van der Waals surface area contributed by atoms with Gasteiger partial charge in [-0.1, -0.05) is 49.2 Å². The number of rotatable bonds is 11. The second kappa shape index (κ2) is 12.5. The lowest BCUT2D eigenvalue weighted by Gasteiger charge is -2.32. The number of halogens is 2. The Kier molecular flexibility index (Phi) is 10.2. The van der Waals surface area contributed by atoms with Crippen molar-refractivity contribution in [2.24, 2.45) is 5.92 Å². The highest BCUT2D eigenvalue weighted by Crippen LogP contribution is 2.28. The largest absolute Gasteiger partial charge is 0.497 e. The second-order valence-corrected chi connectivity index (χ2v) is 11.2. The van der Waals surface area contributed by atoms with Crippen LogP contribution in [0.5, 0.6) is 5.75 Å². The average molecular weight is 545 g/mol. The number of hydrogen-bond donors (Lipinski definition) is 1. The van der Waals surface area contributed by atoms with Crippen LogP contribution in [0.15, 0.2) is 42.5 Å². The van der Waals surface area contributed by atoms with Gasteiger partial charge in [0.15, 0.2) is 0 Å². The normalized spacial score (nSPS) is 12.2. The molecule has 1 N–H and O–H groups in total. The Balaban J connectivity index is 2.44. The van der Waals surface area contributed by atoms with E-state index < -0.39 is 28.5 Å². The zero-order valence-electron chi connectivity index (χ0n) is 20.4.